The Kier molecular flexibility index (Phi) is 4.41. The summed E-state index contributed by atoms with van der Waals surface area (Å²) in [5.41, 5.74) is 2.46. The summed E-state index contributed by atoms with van der Waals surface area (Å²) >= 11 is 3.47. The van der Waals surface area contributed by atoms with E-state index in [0.29, 0.717) is 22.5 Å². The molecule has 5 nitrogen and oxygen atoms in total. The Morgan fingerprint density at radius 1 is 1.11 bits per heavy atom. The lowest BCUT2D eigenvalue weighted by atomic mass is 10.1. The van der Waals surface area contributed by atoms with Gasteiger partial charge in [-0.05, 0) is 67.1 Å². The lowest BCUT2D eigenvalue weighted by Crippen LogP contribution is -2.30. The molecule has 2 N–H and O–H groups in total. The molecule has 134 valence electrons. The molecule has 0 aliphatic carbocycles. The molecular weight excluding hydrogens is 406 g/mol. The molecule has 0 atom stereocenters. The van der Waals surface area contributed by atoms with Crippen molar-refractivity contribution in [3.05, 3.63) is 86.6 Å². The summed E-state index contributed by atoms with van der Waals surface area (Å²) in [4.78, 5) is 16.8. The van der Waals surface area contributed by atoms with Crippen molar-refractivity contribution in [3.63, 3.8) is 0 Å². The minimum absolute atomic E-state index is 0.286. The molecule has 0 aliphatic heterocycles. The van der Waals surface area contributed by atoms with Crippen LogP contribution in [0.2, 0.25) is 0 Å². The normalized spacial score (nSPS) is 11.5. The maximum atomic E-state index is 12.4. The summed E-state index contributed by atoms with van der Waals surface area (Å²) in [6.45, 7) is 2.03. The van der Waals surface area contributed by atoms with E-state index in [0.717, 1.165) is 26.0 Å². The van der Waals surface area contributed by atoms with Crippen molar-refractivity contribution in [3.8, 4) is 11.3 Å². The zero-order valence-corrected chi connectivity index (χ0v) is 16.1. The van der Waals surface area contributed by atoms with Gasteiger partial charge in [-0.15, -0.1) is 0 Å². The third-order valence-electron chi connectivity index (χ3n) is 4.31. The number of furan rings is 1. The largest absolute Gasteiger partial charge is 0.457 e. The maximum Gasteiger partial charge on any atom is 0.280 e. The van der Waals surface area contributed by atoms with E-state index in [4.69, 9.17) is 10.3 Å². The van der Waals surface area contributed by atoms with Gasteiger partial charge in [-0.1, -0.05) is 28.1 Å². The number of hydrogen-bond acceptors (Lipinski definition) is 4. The highest BCUT2D eigenvalue weighted by molar-refractivity contribution is 9.10. The minimum Gasteiger partial charge on any atom is -0.457 e. The number of aryl methyl sites for hydroxylation is 1. The van der Waals surface area contributed by atoms with Gasteiger partial charge >= 0.3 is 0 Å². The molecule has 0 bridgehead atoms. The van der Waals surface area contributed by atoms with Crippen molar-refractivity contribution < 1.29 is 4.42 Å². The smallest absolute Gasteiger partial charge is 0.280 e. The number of nitrogens with two attached hydrogens (primary N) is 1. The minimum atomic E-state index is -0.286. The second kappa shape index (κ2) is 6.89. The van der Waals surface area contributed by atoms with E-state index in [1.807, 2.05) is 43.3 Å². The van der Waals surface area contributed by atoms with Crippen molar-refractivity contribution >= 4 is 39.0 Å². The van der Waals surface area contributed by atoms with E-state index in [1.54, 1.807) is 30.4 Å². The molecule has 0 radical (unpaired) electrons. The molecule has 0 spiro atoms. The van der Waals surface area contributed by atoms with Gasteiger partial charge in [0, 0.05) is 10.0 Å². The monoisotopic (exact) mass is 421 g/mol. The molecule has 0 saturated carbocycles. The zero-order valence-electron chi connectivity index (χ0n) is 14.5. The molecule has 0 saturated heterocycles. The molecule has 0 aliphatic rings. The van der Waals surface area contributed by atoms with Crippen LogP contribution in [-0.4, -0.2) is 9.66 Å². The standard InChI is InChI=1S/C21H16BrN3O2/c1-13-12-14(22)6-9-16(13)19-10-7-15(27-19)8-11-20-24-18-5-3-2-4-17(18)21(26)25(20)23/h2-12H,23H2,1H3/b11-8+. The Bertz CT molecular complexity index is 1240. The average Bonchev–Trinajstić information content (AvgIpc) is 3.12. The van der Waals surface area contributed by atoms with Gasteiger partial charge in [0.25, 0.3) is 5.56 Å². The topological polar surface area (TPSA) is 74.0 Å². The van der Waals surface area contributed by atoms with Crippen molar-refractivity contribution in [2.75, 3.05) is 5.84 Å². The molecule has 27 heavy (non-hydrogen) atoms. The number of nitrogen functional groups attached to an aromatic ring is 1. The van der Waals surface area contributed by atoms with E-state index in [-0.39, 0.29) is 5.56 Å². The fourth-order valence-corrected chi connectivity index (χ4v) is 3.40. The highest BCUT2D eigenvalue weighted by atomic mass is 79.9. The predicted octanol–water partition coefficient (Wildman–Crippen LogP) is 4.61. The van der Waals surface area contributed by atoms with Crippen molar-refractivity contribution in [1.29, 1.82) is 0 Å². The molecule has 0 amide bonds. The Morgan fingerprint density at radius 2 is 1.93 bits per heavy atom. The maximum absolute atomic E-state index is 12.4. The second-order valence-electron chi connectivity index (χ2n) is 6.16. The molecule has 4 aromatic rings. The van der Waals surface area contributed by atoms with Gasteiger partial charge in [-0.2, -0.15) is 0 Å². The van der Waals surface area contributed by atoms with Crippen LogP contribution < -0.4 is 11.4 Å². The van der Waals surface area contributed by atoms with Crippen LogP contribution >= 0.6 is 15.9 Å². The first-order valence-electron chi connectivity index (χ1n) is 8.34. The van der Waals surface area contributed by atoms with E-state index in [2.05, 4.69) is 20.9 Å². The van der Waals surface area contributed by atoms with Gasteiger partial charge in [-0.3, -0.25) is 4.79 Å². The highest BCUT2D eigenvalue weighted by Gasteiger charge is 2.08. The van der Waals surface area contributed by atoms with Gasteiger partial charge in [-0.25, -0.2) is 9.66 Å². The van der Waals surface area contributed by atoms with Crippen LogP contribution in [0.1, 0.15) is 17.1 Å². The third kappa shape index (κ3) is 3.31. The van der Waals surface area contributed by atoms with E-state index in [9.17, 15) is 4.79 Å². The van der Waals surface area contributed by atoms with Gasteiger partial charge < -0.3 is 10.3 Å². The number of halogens is 1. The first-order chi connectivity index (χ1) is 13.0. The SMILES string of the molecule is Cc1cc(Br)ccc1-c1ccc(/C=C/c2nc3ccccc3c(=O)n2N)o1. The summed E-state index contributed by atoms with van der Waals surface area (Å²) in [7, 11) is 0. The Hall–Kier alpha value is -3.12. The number of aromatic nitrogens is 2. The second-order valence-corrected chi connectivity index (χ2v) is 7.07. The van der Waals surface area contributed by atoms with Gasteiger partial charge in [0.2, 0.25) is 0 Å². The average molecular weight is 422 g/mol. The summed E-state index contributed by atoms with van der Waals surface area (Å²) in [5, 5.41) is 0.489. The summed E-state index contributed by atoms with van der Waals surface area (Å²) in [5.74, 6) is 7.68. The van der Waals surface area contributed by atoms with Crippen LogP contribution in [0.5, 0.6) is 0 Å². The number of rotatable bonds is 3. The van der Waals surface area contributed by atoms with Crippen LogP contribution in [-0.2, 0) is 0 Å². The van der Waals surface area contributed by atoms with Crippen LogP contribution in [0.25, 0.3) is 34.4 Å². The zero-order chi connectivity index (χ0) is 19.0. The van der Waals surface area contributed by atoms with Crippen LogP contribution in [0.3, 0.4) is 0 Å². The predicted molar refractivity (Wildman–Crippen MR) is 112 cm³/mol. The molecule has 6 heteroatoms. The number of benzene rings is 2. The molecule has 2 aromatic carbocycles. The summed E-state index contributed by atoms with van der Waals surface area (Å²) in [6.07, 6.45) is 3.42. The Morgan fingerprint density at radius 3 is 2.74 bits per heavy atom. The Balaban J connectivity index is 1.68. The number of nitrogens with zero attached hydrogens (tertiary/aromatic N) is 2. The van der Waals surface area contributed by atoms with Crippen molar-refractivity contribution in [1.82, 2.24) is 9.66 Å². The number of para-hydroxylation sites is 1. The van der Waals surface area contributed by atoms with Crippen LogP contribution in [0, 0.1) is 6.92 Å². The lowest BCUT2D eigenvalue weighted by molar-refractivity contribution is 0.571. The van der Waals surface area contributed by atoms with E-state index < -0.39 is 0 Å². The fourth-order valence-electron chi connectivity index (χ4n) is 2.93. The molecule has 2 aromatic heterocycles. The van der Waals surface area contributed by atoms with Crippen LogP contribution in [0.4, 0.5) is 0 Å². The highest BCUT2D eigenvalue weighted by Crippen LogP contribution is 2.28. The number of fused-ring (bicyclic) bond motifs is 1. The molecule has 0 unspecified atom stereocenters. The molecule has 4 rings (SSSR count). The van der Waals surface area contributed by atoms with Crippen molar-refractivity contribution in [2.24, 2.45) is 0 Å². The van der Waals surface area contributed by atoms with E-state index >= 15 is 0 Å². The molecular formula is C21H16BrN3O2. The van der Waals surface area contributed by atoms with Gasteiger partial charge in [0.05, 0.1) is 10.9 Å². The van der Waals surface area contributed by atoms with Crippen molar-refractivity contribution in [2.45, 2.75) is 6.92 Å². The molecule has 2 heterocycles. The van der Waals surface area contributed by atoms with Crippen LogP contribution in [0.15, 0.2) is 68.3 Å². The summed E-state index contributed by atoms with van der Waals surface area (Å²) < 4.78 is 7.98. The Labute approximate surface area is 163 Å². The summed E-state index contributed by atoms with van der Waals surface area (Å²) in [6, 6.07) is 16.9. The third-order valence-corrected chi connectivity index (χ3v) is 4.81. The fraction of sp³-hybridized carbons (Fsp3) is 0.0476. The van der Waals surface area contributed by atoms with Gasteiger partial charge in [0.15, 0.2) is 5.82 Å². The first kappa shape index (κ1) is 17.3. The lowest BCUT2D eigenvalue weighted by Gasteiger charge is -2.05. The first-order valence-corrected chi connectivity index (χ1v) is 9.13. The number of hydrogen-bond donors (Lipinski definition) is 1. The molecule has 0 fully saturated rings. The van der Waals surface area contributed by atoms with E-state index in [1.165, 1.54) is 0 Å². The quantitative estimate of drug-likeness (QED) is 0.490. The van der Waals surface area contributed by atoms with Gasteiger partial charge in [0.1, 0.15) is 11.5 Å².